The summed E-state index contributed by atoms with van der Waals surface area (Å²) < 4.78 is 11.8. The summed E-state index contributed by atoms with van der Waals surface area (Å²) in [5.74, 6) is -0.724. The highest BCUT2D eigenvalue weighted by Crippen LogP contribution is 2.30. The highest BCUT2D eigenvalue weighted by Gasteiger charge is 2.37. The van der Waals surface area contributed by atoms with Crippen molar-refractivity contribution >= 4 is 64.4 Å². The summed E-state index contributed by atoms with van der Waals surface area (Å²) in [4.78, 5) is 39.8. The molecule has 1 heterocycles. The lowest BCUT2D eigenvalue weighted by atomic mass is 10.1. The Kier molecular flexibility index (Phi) is 8.83. The van der Waals surface area contributed by atoms with E-state index in [9.17, 15) is 14.4 Å². The van der Waals surface area contributed by atoms with Gasteiger partial charge in [0, 0.05) is 10.6 Å². The minimum absolute atomic E-state index is 0.137. The average molecular weight is 622 g/mol. The molecule has 0 atom stereocenters. The number of nitrogens with zero attached hydrogens (tertiary/aromatic N) is 1. The molecule has 0 radical (unpaired) electrons. The molecule has 10 heteroatoms. The van der Waals surface area contributed by atoms with Gasteiger partial charge in [-0.3, -0.25) is 14.9 Å². The summed E-state index contributed by atoms with van der Waals surface area (Å²) in [5.41, 5.74) is 3.28. The molecule has 0 aromatic heterocycles. The second kappa shape index (κ2) is 12.7. The molecule has 5 rings (SSSR count). The maximum absolute atomic E-state index is 13.5. The van der Waals surface area contributed by atoms with E-state index in [0.717, 1.165) is 21.6 Å². The van der Waals surface area contributed by atoms with Gasteiger partial charge in [-0.25, -0.2) is 9.69 Å². The van der Waals surface area contributed by atoms with E-state index >= 15 is 0 Å². The molecule has 0 unspecified atom stereocenters. The minimum Gasteiger partial charge on any atom is -0.489 e. The number of benzene rings is 4. The van der Waals surface area contributed by atoms with E-state index in [1.807, 2.05) is 31.2 Å². The molecular formula is C32H23Cl3N2O5. The number of anilines is 1. The van der Waals surface area contributed by atoms with Gasteiger partial charge in [0.25, 0.3) is 11.8 Å². The smallest absolute Gasteiger partial charge is 0.335 e. The van der Waals surface area contributed by atoms with Crippen LogP contribution in [0.15, 0.2) is 90.5 Å². The average Bonchev–Trinajstić information content (AvgIpc) is 2.97. The first-order chi connectivity index (χ1) is 20.2. The van der Waals surface area contributed by atoms with Crippen LogP contribution in [0, 0.1) is 6.92 Å². The molecule has 4 aromatic rings. The summed E-state index contributed by atoms with van der Waals surface area (Å²) >= 11 is 18.3. The summed E-state index contributed by atoms with van der Waals surface area (Å²) in [6.07, 6.45) is 1.34. The van der Waals surface area contributed by atoms with Crippen LogP contribution in [0.5, 0.6) is 11.5 Å². The van der Waals surface area contributed by atoms with Gasteiger partial charge >= 0.3 is 6.03 Å². The van der Waals surface area contributed by atoms with Crippen molar-refractivity contribution in [3.8, 4) is 11.5 Å². The number of carbonyl (C=O) groups excluding carboxylic acids is 3. The molecule has 7 nitrogen and oxygen atoms in total. The van der Waals surface area contributed by atoms with Crippen molar-refractivity contribution in [2.75, 3.05) is 4.90 Å². The molecule has 0 aliphatic carbocycles. The van der Waals surface area contributed by atoms with Crippen LogP contribution in [0.4, 0.5) is 10.5 Å². The molecule has 0 spiro atoms. The SMILES string of the molecule is Cc1ccc(COc2ccc(N3C(=O)NC(=O)/C(=C\c4cc(Cl)ccc4OCc4ccc(Cl)c(Cl)c4)C3=O)cc2)cc1. The monoisotopic (exact) mass is 620 g/mol. The number of rotatable bonds is 8. The van der Waals surface area contributed by atoms with E-state index in [1.165, 1.54) is 6.08 Å². The largest absolute Gasteiger partial charge is 0.489 e. The topological polar surface area (TPSA) is 84.9 Å². The highest BCUT2D eigenvalue weighted by molar-refractivity contribution is 6.42. The summed E-state index contributed by atoms with van der Waals surface area (Å²) in [6, 6.07) is 23.4. The summed E-state index contributed by atoms with van der Waals surface area (Å²) in [6.45, 7) is 2.51. The van der Waals surface area contributed by atoms with Crippen LogP contribution >= 0.6 is 34.8 Å². The number of ether oxygens (including phenoxy) is 2. The molecule has 212 valence electrons. The van der Waals surface area contributed by atoms with Crippen molar-refractivity contribution < 1.29 is 23.9 Å². The van der Waals surface area contributed by atoms with E-state index in [1.54, 1.807) is 60.7 Å². The second-order valence-electron chi connectivity index (χ2n) is 9.45. The molecule has 1 fully saturated rings. The molecule has 1 saturated heterocycles. The number of hydrogen-bond donors (Lipinski definition) is 1. The van der Waals surface area contributed by atoms with Crippen LogP contribution in [0.3, 0.4) is 0 Å². The van der Waals surface area contributed by atoms with Crippen molar-refractivity contribution in [2.45, 2.75) is 20.1 Å². The molecule has 0 bridgehead atoms. The molecule has 4 amide bonds. The van der Waals surface area contributed by atoms with Crippen molar-refractivity contribution in [3.05, 3.63) is 128 Å². The highest BCUT2D eigenvalue weighted by atomic mass is 35.5. The molecule has 0 saturated carbocycles. The lowest BCUT2D eigenvalue weighted by Crippen LogP contribution is -2.54. The van der Waals surface area contributed by atoms with Gasteiger partial charge in [0.1, 0.15) is 30.3 Å². The standard InChI is InChI=1S/C32H23Cl3N2O5/c1-19-2-4-20(5-3-19)17-41-25-10-8-24(9-11-25)37-31(39)26(30(38)36-32(37)40)16-22-15-23(33)7-13-29(22)42-18-21-6-12-27(34)28(35)14-21/h2-16H,17-18H2,1H3,(H,36,38,40)/b26-16+. The van der Waals surface area contributed by atoms with Gasteiger partial charge < -0.3 is 9.47 Å². The van der Waals surface area contributed by atoms with Crippen LogP contribution in [0.1, 0.15) is 22.3 Å². The van der Waals surface area contributed by atoms with Gasteiger partial charge in [-0.15, -0.1) is 0 Å². The first kappa shape index (κ1) is 29.2. The number of imide groups is 2. The van der Waals surface area contributed by atoms with Gasteiger partial charge in [0.15, 0.2) is 0 Å². The zero-order valence-electron chi connectivity index (χ0n) is 22.2. The van der Waals surface area contributed by atoms with E-state index in [4.69, 9.17) is 44.3 Å². The number of halogens is 3. The Morgan fingerprint density at radius 2 is 1.45 bits per heavy atom. The number of amides is 4. The lowest BCUT2D eigenvalue weighted by molar-refractivity contribution is -0.122. The van der Waals surface area contributed by atoms with Gasteiger partial charge in [-0.05, 0) is 78.7 Å². The van der Waals surface area contributed by atoms with Crippen LogP contribution in [-0.2, 0) is 22.8 Å². The lowest BCUT2D eigenvalue weighted by Gasteiger charge is -2.26. The zero-order chi connectivity index (χ0) is 29.8. The Hall–Kier alpha value is -4.30. The molecular weight excluding hydrogens is 599 g/mol. The van der Waals surface area contributed by atoms with Crippen LogP contribution in [0.2, 0.25) is 15.1 Å². The summed E-state index contributed by atoms with van der Waals surface area (Å²) in [7, 11) is 0. The molecule has 1 aliphatic heterocycles. The first-order valence-electron chi connectivity index (χ1n) is 12.7. The zero-order valence-corrected chi connectivity index (χ0v) is 24.5. The normalized spacial score (nSPS) is 14.2. The third-order valence-electron chi connectivity index (χ3n) is 6.37. The fraction of sp³-hybridized carbons (Fsp3) is 0.0938. The Morgan fingerprint density at radius 3 is 2.17 bits per heavy atom. The minimum atomic E-state index is -0.863. The Bertz CT molecular complexity index is 1700. The third kappa shape index (κ3) is 6.77. The van der Waals surface area contributed by atoms with E-state index < -0.39 is 17.8 Å². The predicted octanol–water partition coefficient (Wildman–Crippen LogP) is 7.78. The van der Waals surface area contributed by atoms with Crippen molar-refractivity contribution in [3.63, 3.8) is 0 Å². The maximum Gasteiger partial charge on any atom is 0.335 e. The quantitative estimate of drug-likeness (QED) is 0.160. The molecule has 42 heavy (non-hydrogen) atoms. The number of urea groups is 1. The van der Waals surface area contributed by atoms with Crippen molar-refractivity contribution in [1.82, 2.24) is 5.32 Å². The molecule has 1 aliphatic rings. The molecule has 1 N–H and O–H groups in total. The molecule has 4 aromatic carbocycles. The van der Waals surface area contributed by atoms with Crippen molar-refractivity contribution in [2.24, 2.45) is 0 Å². The van der Waals surface area contributed by atoms with Gasteiger partial charge in [-0.1, -0.05) is 70.7 Å². The summed E-state index contributed by atoms with van der Waals surface area (Å²) in [5, 5.41) is 3.39. The first-order valence-corrected chi connectivity index (χ1v) is 13.9. The van der Waals surface area contributed by atoms with E-state index in [-0.39, 0.29) is 17.9 Å². The second-order valence-corrected chi connectivity index (χ2v) is 10.7. The number of hydrogen-bond acceptors (Lipinski definition) is 5. The predicted molar refractivity (Wildman–Crippen MR) is 163 cm³/mol. The van der Waals surface area contributed by atoms with Gasteiger partial charge in [0.05, 0.1) is 15.7 Å². The Labute approximate surface area is 257 Å². The number of nitrogens with one attached hydrogen (secondary N) is 1. The number of aryl methyl sites for hydroxylation is 1. The van der Waals surface area contributed by atoms with Crippen LogP contribution in [0.25, 0.3) is 6.08 Å². The van der Waals surface area contributed by atoms with Crippen LogP contribution in [-0.4, -0.2) is 17.8 Å². The van der Waals surface area contributed by atoms with E-state index in [2.05, 4.69) is 5.32 Å². The number of barbiturate groups is 1. The fourth-order valence-corrected chi connectivity index (χ4v) is 4.65. The van der Waals surface area contributed by atoms with Gasteiger partial charge in [-0.2, -0.15) is 0 Å². The maximum atomic E-state index is 13.5. The van der Waals surface area contributed by atoms with Gasteiger partial charge in [0.2, 0.25) is 0 Å². The number of carbonyl (C=O) groups is 3. The third-order valence-corrected chi connectivity index (χ3v) is 7.35. The Morgan fingerprint density at radius 1 is 0.762 bits per heavy atom. The Balaban J connectivity index is 1.35. The van der Waals surface area contributed by atoms with E-state index in [0.29, 0.717) is 38.7 Å². The fourth-order valence-electron chi connectivity index (χ4n) is 4.14. The van der Waals surface area contributed by atoms with Crippen molar-refractivity contribution in [1.29, 1.82) is 0 Å². The van der Waals surface area contributed by atoms with Crippen LogP contribution < -0.4 is 19.7 Å².